The van der Waals surface area contributed by atoms with E-state index in [1.807, 2.05) is 6.07 Å². The molecule has 1 aromatic heterocycles. The predicted molar refractivity (Wildman–Crippen MR) is 81.3 cm³/mol. The summed E-state index contributed by atoms with van der Waals surface area (Å²) in [6.45, 7) is 3.30. The molecule has 1 aliphatic heterocycles. The molecule has 2 heterocycles. The van der Waals surface area contributed by atoms with Crippen LogP contribution in [0.2, 0.25) is 0 Å². The van der Waals surface area contributed by atoms with E-state index in [1.54, 1.807) is 26.0 Å². The maximum Gasteiger partial charge on any atom is 0.313 e. The minimum Gasteiger partial charge on any atom is -0.485 e. The first-order chi connectivity index (χ1) is 11.3. The molecule has 7 heteroatoms. The molecule has 0 fully saturated rings. The monoisotopic (exact) mass is 328 g/mol. The van der Waals surface area contributed by atoms with Crippen LogP contribution in [0.1, 0.15) is 41.6 Å². The largest absolute Gasteiger partial charge is 0.485 e. The van der Waals surface area contributed by atoms with E-state index in [0.29, 0.717) is 21.9 Å². The molecule has 0 saturated heterocycles. The van der Waals surface area contributed by atoms with Crippen molar-refractivity contribution in [1.29, 1.82) is 5.26 Å². The van der Waals surface area contributed by atoms with Gasteiger partial charge in [0.15, 0.2) is 5.76 Å². The van der Waals surface area contributed by atoms with E-state index in [-0.39, 0.29) is 5.76 Å². The highest BCUT2D eigenvalue weighted by molar-refractivity contribution is 5.91. The number of nitriles is 1. The van der Waals surface area contributed by atoms with Crippen LogP contribution < -0.4 is 4.74 Å². The first-order valence-corrected chi connectivity index (χ1v) is 7.32. The van der Waals surface area contributed by atoms with E-state index < -0.39 is 23.7 Å². The zero-order valence-corrected chi connectivity index (χ0v) is 13.1. The summed E-state index contributed by atoms with van der Waals surface area (Å²) in [6.07, 6.45) is 0.0931. The van der Waals surface area contributed by atoms with Gasteiger partial charge in [0, 0.05) is 5.56 Å². The third kappa shape index (κ3) is 2.52. The third-order valence-corrected chi connectivity index (χ3v) is 4.05. The van der Waals surface area contributed by atoms with Gasteiger partial charge in [-0.25, -0.2) is 5.06 Å². The van der Waals surface area contributed by atoms with Gasteiger partial charge in [-0.3, -0.25) is 10.0 Å². The Kier molecular flexibility index (Phi) is 3.79. The van der Waals surface area contributed by atoms with E-state index in [1.165, 1.54) is 24.5 Å². The lowest BCUT2D eigenvalue weighted by atomic mass is 9.85. The molecule has 1 aliphatic rings. The Morgan fingerprint density at radius 1 is 1.38 bits per heavy atom. The van der Waals surface area contributed by atoms with Crippen molar-refractivity contribution >= 4 is 5.91 Å². The molecule has 1 amide bonds. The molecule has 2 N–H and O–H groups in total. The van der Waals surface area contributed by atoms with Crippen LogP contribution in [-0.2, 0) is 0 Å². The highest BCUT2D eigenvalue weighted by Gasteiger charge is 2.47. The predicted octanol–water partition coefficient (Wildman–Crippen LogP) is 2.26. The summed E-state index contributed by atoms with van der Waals surface area (Å²) in [5, 5.41) is 30.6. The van der Waals surface area contributed by atoms with Gasteiger partial charge in [-0.05, 0) is 44.2 Å². The highest BCUT2D eigenvalue weighted by Crippen LogP contribution is 2.43. The van der Waals surface area contributed by atoms with Gasteiger partial charge in [-0.2, -0.15) is 5.26 Å². The molecular formula is C17H16N2O5. The number of hydroxylamine groups is 2. The Hall–Kier alpha value is -2.82. The average Bonchev–Trinajstić information content (AvgIpc) is 3.08. The number of fused-ring (bicyclic) bond motifs is 1. The van der Waals surface area contributed by atoms with Crippen LogP contribution >= 0.6 is 0 Å². The number of rotatable bonds is 2. The van der Waals surface area contributed by atoms with Crippen molar-refractivity contribution in [2.45, 2.75) is 31.6 Å². The van der Waals surface area contributed by atoms with Gasteiger partial charge >= 0.3 is 5.91 Å². The smallest absolute Gasteiger partial charge is 0.313 e. The number of benzene rings is 1. The third-order valence-electron chi connectivity index (χ3n) is 4.05. The average molecular weight is 328 g/mol. The molecule has 0 radical (unpaired) electrons. The number of ether oxygens (including phenoxy) is 1. The molecule has 7 nitrogen and oxygen atoms in total. The summed E-state index contributed by atoms with van der Waals surface area (Å²) in [6, 6.07) is 8.45. The number of aliphatic hydroxyl groups excluding tert-OH is 1. The summed E-state index contributed by atoms with van der Waals surface area (Å²) >= 11 is 0. The number of aliphatic hydroxyl groups is 1. The Bertz CT molecular complexity index is 807. The molecule has 24 heavy (non-hydrogen) atoms. The Labute approximate surface area is 138 Å². The molecule has 124 valence electrons. The molecule has 2 atom stereocenters. The topological polar surface area (TPSA) is 107 Å². The van der Waals surface area contributed by atoms with Crippen molar-refractivity contribution in [3.05, 3.63) is 53.5 Å². The molecule has 1 aromatic carbocycles. The van der Waals surface area contributed by atoms with E-state index in [2.05, 4.69) is 0 Å². The van der Waals surface area contributed by atoms with Crippen molar-refractivity contribution in [3.8, 4) is 11.8 Å². The van der Waals surface area contributed by atoms with E-state index in [9.17, 15) is 15.1 Å². The second-order valence-corrected chi connectivity index (χ2v) is 6.09. The Morgan fingerprint density at radius 3 is 2.75 bits per heavy atom. The second kappa shape index (κ2) is 5.67. The van der Waals surface area contributed by atoms with E-state index in [4.69, 9.17) is 14.4 Å². The molecule has 3 rings (SSSR count). The van der Waals surface area contributed by atoms with Gasteiger partial charge in [0.2, 0.25) is 0 Å². The first kappa shape index (κ1) is 16.1. The van der Waals surface area contributed by atoms with Crippen LogP contribution in [0.15, 0.2) is 41.0 Å². The number of hydrogen-bond acceptors (Lipinski definition) is 6. The van der Waals surface area contributed by atoms with Crippen LogP contribution in [0.5, 0.6) is 5.75 Å². The number of nitrogens with zero attached hydrogens (tertiary/aromatic N) is 2. The molecule has 2 aromatic rings. The molecule has 0 unspecified atom stereocenters. The summed E-state index contributed by atoms with van der Waals surface area (Å²) < 4.78 is 10.8. The fourth-order valence-electron chi connectivity index (χ4n) is 2.74. The quantitative estimate of drug-likeness (QED) is 0.647. The Balaban J connectivity index is 2.08. The molecule has 0 aliphatic carbocycles. The SMILES string of the molecule is CC1(C)Oc2ccc(C#N)cc2[C@H](N(O)C(=O)c2ccco2)[C@H]1O. The maximum atomic E-state index is 12.4. The number of furan rings is 1. The standard InChI is InChI=1S/C17H16N2O5/c1-17(2)15(20)14(19(22)16(21)13-4-3-7-23-13)11-8-10(9-18)5-6-12(11)24-17/h3-8,14-15,20,22H,1-2H3/t14-,15+/m0/s1. The first-order valence-electron chi connectivity index (χ1n) is 7.32. The van der Waals surface area contributed by atoms with Crippen molar-refractivity contribution in [2.75, 3.05) is 0 Å². The summed E-state index contributed by atoms with van der Waals surface area (Å²) in [7, 11) is 0. The lowest BCUT2D eigenvalue weighted by Gasteiger charge is -2.44. The fourth-order valence-corrected chi connectivity index (χ4v) is 2.74. The van der Waals surface area contributed by atoms with Gasteiger partial charge in [-0.1, -0.05) is 0 Å². The van der Waals surface area contributed by atoms with Crippen molar-refractivity contribution < 1.29 is 24.3 Å². The zero-order chi connectivity index (χ0) is 17.5. The van der Waals surface area contributed by atoms with Crippen LogP contribution in [-0.4, -0.2) is 33.0 Å². The normalized spacial score (nSPS) is 21.3. The van der Waals surface area contributed by atoms with Crippen molar-refractivity contribution in [2.24, 2.45) is 0 Å². The van der Waals surface area contributed by atoms with Crippen molar-refractivity contribution in [3.63, 3.8) is 0 Å². The molecule has 0 bridgehead atoms. The van der Waals surface area contributed by atoms with Gasteiger partial charge in [0.25, 0.3) is 0 Å². The number of amides is 1. The highest BCUT2D eigenvalue weighted by atomic mass is 16.5. The van der Waals surface area contributed by atoms with Crippen LogP contribution in [0.25, 0.3) is 0 Å². The summed E-state index contributed by atoms with van der Waals surface area (Å²) in [5.41, 5.74) is -0.368. The van der Waals surface area contributed by atoms with Gasteiger partial charge in [-0.15, -0.1) is 0 Å². The minimum atomic E-state index is -1.22. The number of carbonyl (C=O) groups is 1. The van der Waals surface area contributed by atoms with Gasteiger partial charge in [0.1, 0.15) is 23.5 Å². The van der Waals surface area contributed by atoms with Gasteiger partial charge < -0.3 is 14.3 Å². The van der Waals surface area contributed by atoms with Crippen molar-refractivity contribution in [1.82, 2.24) is 5.06 Å². The fraction of sp³-hybridized carbons (Fsp3) is 0.294. The lowest BCUT2D eigenvalue weighted by Crippen LogP contribution is -2.54. The lowest BCUT2D eigenvalue weighted by molar-refractivity contribution is -0.166. The molecular weight excluding hydrogens is 312 g/mol. The van der Waals surface area contributed by atoms with Gasteiger partial charge in [0.05, 0.1) is 17.9 Å². The number of hydrogen-bond donors (Lipinski definition) is 2. The molecule has 0 saturated carbocycles. The zero-order valence-electron chi connectivity index (χ0n) is 13.1. The van der Waals surface area contributed by atoms with Crippen LogP contribution in [0.4, 0.5) is 0 Å². The number of carbonyl (C=O) groups excluding carboxylic acids is 1. The van der Waals surface area contributed by atoms with E-state index >= 15 is 0 Å². The summed E-state index contributed by atoms with van der Waals surface area (Å²) in [4.78, 5) is 12.4. The summed E-state index contributed by atoms with van der Waals surface area (Å²) in [5.74, 6) is -0.470. The van der Waals surface area contributed by atoms with Crippen LogP contribution in [0.3, 0.4) is 0 Å². The molecule has 0 spiro atoms. The minimum absolute atomic E-state index is 0.0630. The Morgan fingerprint density at radius 2 is 2.12 bits per heavy atom. The van der Waals surface area contributed by atoms with E-state index in [0.717, 1.165) is 0 Å². The van der Waals surface area contributed by atoms with Crippen LogP contribution in [0, 0.1) is 11.3 Å². The maximum absolute atomic E-state index is 12.4. The second-order valence-electron chi connectivity index (χ2n) is 6.09.